The molecule has 0 saturated heterocycles. The summed E-state index contributed by atoms with van der Waals surface area (Å²) < 4.78 is 26.6. The molecule has 0 amide bonds. The summed E-state index contributed by atoms with van der Waals surface area (Å²) in [5, 5.41) is 0. The summed E-state index contributed by atoms with van der Waals surface area (Å²) in [6.45, 7) is 0. The Morgan fingerprint density at radius 1 is 0.853 bits per heavy atom. The molecule has 0 radical (unpaired) electrons. The van der Waals surface area contributed by atoms with E-state index >= 15 is 0 Å². The SMILES string of the molecule is COc1cccc(C2=N/C(=C/c3ccc(OC(=O)c4ccccc4OC)c(OC)c3)C(=O)O2)c1. The van der Waals surface area contributed by atoms with Gasteiger partial charge in [-0.05, 0) is 54.1 Å². The third kappa shape index (κ3) is 4.75. The van der Waals surface area contributed by atoms with Crippen molar-refractivity contribution in [2.45, 2.75) is 0 Å². The van der Waals surface area contributed by atoms with E-state index in [9.17, 15) is 9.59 Å². The molecule has 1 aliphatic rings. The van der Waals surface area contributed by atoms with Crippen molar-refractivity contribution < 1.29 is 33.3 Å². The number of aliphatic imine (C=N–C) groups is 1. The molecule has 34 heavy (non-hydrogen) atoms. The molecule has 0 N–H and O–H groups in total. The summed E-state index contributed by atoms with van der Waals surface area (Å²) in [7, 11) is 4.48. The zero-order chi connectivity index (χ0) is 24.1. The number of esters is 2. The Labute approximate surface area is 196 Å². The number of hydrogen-bond acceptors (Lipinski definition) is 8. The molecule has 0 spiro atoms. The van der Waals surface area contributed by atoms with Gasteiger partial charge < -0.3 is 23.7 Å². The molecule has 4 rings (SSSR count). The maximum absolute atomic E-state index is 12.6. The molecule has 3 aromatic rings. The van der Waals surface area contributed by atoms with Gasteiger partial charge in [0.25, 0.3) is 0 Å². The molecular weight excluding hydrogens is 438 g/mol. The van der Waals surface area contributed by atoms with Crippen LogP contribution in [0.3, 0.4) is 0 Å². The van der Waals surface area contributed by atoms with Gasteiger partial charge in [-0.15, -0.1) is 0 Å². The van der Waals surface area contributed by atoms with Crippen LogP contribution in [0.4, 0.5) is 0 Å². The molecule has 0 saturated carbocycles. The molecule has 0 bridgehead atoms. The van der Waals surface area contributed by atoms with Gasteiger partial charge in [0.2, 0.25) is 5.90 Å². The Morgan fingerprint density at radius 3 is 2.41 bits per heavy atom. The van der Waals surface area contributed by atoms with Crippen molar-refractivity contribution in [2.24, 2.45) is 4.99 Å². The van der Waals surface area contributed by atoms with Crippen molar-refractivity contribution in [3.05, 3.63) is 89.1 Å². The standard InChI is InChI=1S/C26H21NO7/c1-30-18-8-6-7-17(15-18)24-27-20(26(29)34-24)13-16-11-12-22(23(14-16)32-3)33-25(28)19-9-4-5-10-21(19)31-2/h4-15H,1-3H3/b20-13+. The van der Waals surface area contributed by atoms with Crippen molar-refractivity contribution in [1.29, 1.82) is 0 Å². The third-order valence-corrected chi connectivity index (χ3v) is 4.96. The highest BCUT2D eigenvalue weighted by atomic mass is 16.6. The predicted molar refractivity (Wildman–Crippen MR) is 125 cm³/mol. The second-order valence-corrected chi connectivity index (χ2v) is 7.07. The third-order valence-electron chi connectivity index (χ3n) is 4.96. The quantitative estimate of drug-likeness (QED) is 0.296. The fourth-order valence-electron chi connectivity index (χ4n) is 3.27. The van der Waals surface area contributed by atoms with Crippen LogP contribution < -0.4 is 18.9 Å². The van der Waals surface area contributed by atoms with Gasteiger partial charge in [-0.1, -0.05) is 24.3 Å². The van der Waals surface area contributed by atoms with Crippen molar-refractivity contribution in [2.75, 3.05) is 21.3 Å². The van der Waals surface area contributed by atoms with Crippen LogP contribution in [0.15, 0.2) is 77.4 Å². The fraction of sp³-hybridized carbons (Fsp3) is 0.115. The molecule has 8 nitrogen and oxygen atoms in total. The molecule has 0 aromatic heterocycles. The van der Waals surface area contributed by atoms with E-state index in [1.165, 1.54) is 14.2 Å². The van der Waals surface area contributed by atoms with Gasteiger partial charge in [-0.3, -0.25) is 0 Å². The second kappa shape index (κ2) is 9.91. The number of carbonyl (C=O) groups is 2. The van der Waals surface area contributed by atoms with Crippen molar-refractivity contribution in [3.8, 4) is 23.0 Å². The molecule has 0 atom stereocenters. The van der Waals surface area contributed by atoms with E-state index in [-0.39, 0.29) is 22.9 Å². The molecule has 3 aromatic carbocycles. The lowest BCUT2D eigenvalue weighted by molar-refractivity contribution is -0.129. The normalized spacial score (nSPS) is 13.8. The zero-order valence-electron chi connectivity index (χ0n) is 18.7. The summed E-state index contributed by atoms with van der Waals surface area (Å²) in [5.41, 5.74) is 1.63. The van der Waals surface area contributed by atoms with Crippen LogP contribution in [0.1, 0.15) is 21.5 Å². The summed E-state index contributed by atoms with van der Waals surface area (Å²) in [6.07, 6.45) is 1.56. The molecule has 0 fully saturated rings. The highest BCUT2D eigenvalue weighted by Gasteiger charge is 2.25. The smallest absolute Gasteiger partial charge is 0.363 e. The van der Waals surface area contributed by atoms with Gasteiger partial charge in [-0.25, -0.2) is 14.6 Å². The first kappa shape index (κ1) is 22.6. The summed E-state index contributed by atoms with van der Waals surface area (Å²) >= 11 is 0. The lowest BCUT2D eigenvalue weighted by atomic mass is 10.1. The molecule has 0 unspecified atom stereocenters. The van der Waals surface area contributed by atoms with Crippen LogP contribution in [0, 0.1) is 0 Å². The van der Waals surface area contributed by atoms with Gasteiger partial charge in [0.1, 0.15) is 17.1 Å². The molecular formula is C26H21NO7. The van der Waals surface area contributed by atoms with Gasteiger partial charge in [-0.2, -0.15) is 0 Å². The van der Waals surface area contributed by atoms with E-state index in [2.05, 4.69) is 4.99 Å². The molecule has 8 heteroatoms. The van der Waals surface area contributed by atoms with E-state index in [0.717, 1.165) is 0 Å². The van der Waals surface area contributed by atoms with Crippen LogP contribution in [0.5, 0.6) is 23.0 Å². The van der Waals surface area contributed by atoms with E-state index in [1.807, 2.05) is 0 Å². The second-order valence-electron chi connectivity index (χ2n) is 7.07. The monoisotopic (exact) mass is 459 g/mol. The van der Waals surface area contributed by atoms with E-state index < -0.39 is 11.9 Å². The van der Waals surface area contributed by atoms with Gasteiger partial charge in [0.05, 0.1) is 21.3 Å². The Kier molecular flexibility index (Phi) is 6.59. The van der Waals surface area contributed by atoms with Gasteiger partial charge >= 0.3 is 11.9 Å². The van der Waals surface area contributed by atoms with E-state index in [0.29, 0.717) is 28.4 Å². The first-order valence-electron chi connectivity index (χ1n) is 10.2. The number of cyclic esters (lactones) is 1. The van der Waals surface area contributed by atoms with E-state index in [4.69, 9.17) is 23.7 Å². The Balaban J connectivity index is 1.58. The molecule has 0 aliphatic carbocycles. The first-order valence-corrected chi connectivity index (χ1v) is 10.2. The zero-order valence-corrected chi connectivity index (χ0v) is 18.7. The first-order chi connectivity index (χ1) is 16.5. The number of ether oxygens (including phenoxy) is 5. The number of methoxy groups -OCH3 is 3. The summed E-state index contributed by atoms with van der Waals surface area (Å²) in [5.74, 6) is 0.562. The number of hydrogen-bond donors (Lipinski definition) is 0. The number of benzene rings is 3. The summed E-state index contributed by atoms with van der Waals surface area (Å²) in [6, 6.07) is 18.7. The number of nitrogens with zero attached hydrogens (tertiary/aromatic N) is 1. The van der Waals surface area contributed by atoms with Crippen LogP contribution in [-0.2, 0) is 9.53 Å². The van der Waals surface area contributed by atoms with E-state index in [1.54, 1.807) is 79.9 Å². The average molecular weight is 459 g/mol. The Morgan fingerprint density at radius 2 is 1.65 bits per heavy atom. The minimum atomic E-state index is -0.589. The molecule has 172 valence electrons. The highest BCUT2D eigenvalue weighted by molar-refractivity contribution is 6.13. The minimum absolute atomic E-state index is 0.124. The molecule has 1 heterocycles. The fourth-order valence-corrected chi connectivity index (χ4v) is 3.27. The van der Waals surface area contributed by atoms with Crippen molar-refractivity contribution >= 4 is 23.9 Å². The Bertz CT molecular complexity index is 1310. The lowest BCUT2D eigenvalue weighted by Gasteiger charge is -2.11. The maximum Gasteiger partial charge on any atom is 0.363 e. The van der Waals surface area contributed by atoms with Crippen molar-refractivity contribution in [1.82, 2.24) is 0 Å². The van der Waals surface area contributed by atoms with Crippen LogP contribution in [-0.4, -0.2) is 39.2 Å². The number of para-hydroxylation sites is 1. The highest BCUT2D eigenvalue weighted by Crippen LogP contribution is 2.31. The Hall–Kier alpha value is -4.59. The van der Waals surface area contributed by atoms with Gasteiger partial charge in [0.15, 0.2) is 17.2 Å². The minimum Gasteiger partial charge on any atom is -0.497 e. The number of carbonyl (C=O) groups excluding carboxylic acids is 2. The van der Waals surface area contributed by atoms with Crippen LogP contribution >= 0.6 is 0 Å². The maximum atomic E-state index is 12.6. The molecule has 1 aliphatic heterocycles. The average Bonchev–Trinajstić information content (AvgIpc) is 3.24. The number of rotatable bonds is 7. The lowest BCUT2D eigenvalue weighted by Crippen LogP contribution is -2.10. The largest absolute Gasteiger partial charge is 0.497 e. The van der Waals surface area contributed by atoms with Crippen LogP contribution in [0.2, 0.25) is 0 Å². The van der Waals surface area contributed by atoms with Crippen molar-refractivity contribution in [3.63, 3.8) is 0 Å². The van der Waals surface area contributed by atoms with Gasteiger partial charge in [0, 0.05) is 5.56 Å². The predicted octanol–water partition coefficient (Wildman–Crippen LogP) is 4.28. The topological polar surface area (TPSA) is 92.7 Å². The van der Waals surface area contributed by atoms with Crippen LogP contribution in [0.25, 0.3) is 6.08 Å². The summed E-state index contributed by atoms with van der Waals surface area (Å²) in [4.78, 5) is 29.3.